The minimum atomic E-state index is -0.454. The van der Waals surface area contributed by atoms with E-state index < -0.39 is 5.97 Å². The summed E-state index contributed by atoms with van der Waals surface area (Å²) in [6, 6.07) is 7.51. The van der Waals surface area contributed by atoms with E-state index in [-0.39, 0.29) is 43.2 Å². The molecule has 28 heavy (non-hydrogen) atoms. The fourth-order valence-corrected chi connectivity index (χ4v) is 4.14. The van der Waals surface area contributed by atoms with Crippen molar-refractivity contribution in [3.05, 3.63) is 35.7 Å². The van der Waals surface area contributed by atoms with Gasteiger partial charge in [0.2, 0.25) is 11.8 Å². The molecule has 1 saturated carbocycles. The third kappa shape index (κ3) is 3.48. The van der Waals surface area contributed by atoms with Crippen LogP contribution in [0.2, 0.25) is 0 Å². The molecule has 2 amide bonds. The molecule has 2 heterocycles. The van der Waals surface area contributed by atoms with Gasteiger partial charge in [0, 0.05) is 6.54 Å². The molecule has 2 atom stereocenters. The molecule has 1 aromatic carbocycles. The van der Waals surface area contributed by atoms with E-state index in [1.165, 1.54) is 4.90 Å². The summed E-state index contributed by atoms with van der Waals surface area (Å²) >= 11 is 0. The summed E-state index contributed by atoms with van der Waals surface area (Å²) in [4.78, 5) is 47.3. The number of amides is 2. The van der Waals surface area contributed by atoms with Gasteiger partial charge >= 0.3 is 5.97 Å². The summed E-state index contributed by atoms with van der Waals surface area (Å²) in [6.45, 7) is 1.94. The lowest BCUT2D eigenvalue weighted by atomic mass is 9.81. The largest absolute Gasteiger partial charge is 0.459 e. The first-order chi connectivity index (χ1) is 13.5. The van der Waals surface area contributed by atoms with Crippen LogP contribution in [0.4, 0.5) is 0 Å². The summed E-state index contributed by atoms with van der Waals surface area (Å²) in [5.41, 5.74) is 2.85. The number of nitrogens with zero attached hydrogens (tertiary/aromatic N) is 3. The van der Waals surface area contributed by atoms with Gasteiger partial charge in [-0.3, -0.25) is 19.3 Å². The first kappa shape index (κ1) is 18.5. The van der Waals surface area contributed by atoms with E-state index in [0.29, 0.717) is 11.4 Å². The fraction of sp³-hybridized carbons (Fsp3) is 0.476. The Morgan fingerprint density at radius 2 is 1.68 bits per heavy atom. The first-order valence-electron chi connectivity index (χ1n) is 9.77. The normalized spacial score (nSPS) is 21.8. The number of fused-ring (bicyclic) bond motifs is 2. The maximum atomic E-state index is 12.4. The Morgan fingerprint density at radius 3 is 2.32 bits per heavy atom. The first-order valence-corrected chi connectivity index (χ1v) is 9.77. The molecule has 0 radical (unpaired) electrons. The van der Waals surface area contributed by atoms with Crippen molar-refractivity contribution in [2.45, 2.75) is 45.6 Å². The van der Waals surface area contributed by atoms with Crippen LogP contribution >= 0.6 is 0 Å². The van der Waals surface area contributed by atoms with Gasteiger partial charge in [-0.05, 0) is 31.9 Å². The smallest absolute Gasteiger partial charge is 0.307 e. The van der Waals surface area contributed by atoms with Crippen LogP contribution in [-0.2, 0) is 25.7 Å². The number of carbonyl (C=O) groups excluding carboxylic acids is 3. The number of ether oxygens (including phenoxy) is 1. The number of benzene rings is 1. The third-order valence-corrected chi connectivity index (χ3v) is 5.68. The molecule has 146 valence electrons. The minimum absolute atomic E-state index is 0.00300. The van der Waals surface area contributed by atoms with Gasteiger partial charge in [-0.2, -0.15) is 0 Å². The summed E-state index contributed by atoms with van der Waals surface area (Å²) in [5, 5.41) is 0. The molecule has 1 aliphatic heterocycles. The Bertz CT molecular complexity index is 918. The molecule has 2 aromatic rings. The average Bonchev–Trinajstić information content (AvgIpc) is 2.95. The fourth-order valence-electron chi connectivity index (χ4n) is 4.14. The zero-order valence-corrected chi connectivity index (χ0v) is 15.9. The van der Waals surface area contributed by atoms with Crippen LogP contribution in [0.25, 0.3) is 11.0 Å². The van der Waals surface area contributed by atoms with Crippen molar-refractivity contribution in [2.24, 2.45) is 11.8 Å². The molecular formula is C21H23N3O4. The molecule has 7 nitrogen and oxygen atoms in total. The molecule has 1 aliphatic carbocycles. The van der Waals surface area contributed by atoms with Gasteiger partial charge in [0.05, 0.1) is 40.7 Å². The highest BCUT2D eigenvalue weighted by atomic mass is 16.5. The predicted molar refractivity (Wildman–Crippen MR) is 101 cm³/mol. The van der Waals surface area contributed by atoms with Gasteiger partial charge < -0.3 is 4.74 Å². The zero-order valence-electron chi connectivity index (χ0n) is 15.9. The molecule has 2 aliphatic rings. The highest BCUT2D eigenvalue weighted by Crippen LogP contribution is 2.37. The lowest BCUT2D eigenvalue weighted by Gasteiger charge is -2.19. The number of likely N-dealkylation sites (tertiary alicyclic amines) is 1. The highest BCUT2D eigenvalue weighted by molar-refractivity contribution is 6.05. The van der Waals surface area contributed by atoms with Crippen LogP contribution in [0.15, 0.2) is 24.3 Å². The molecule has 1 saturated heterocycles. The van der Waals surface area contributed by atoms with E-state index in [2.05, 4.69) is 9.97 Å². The Kier molecular flexibility index (Phi) is 5.07. The standard InChI is InChI=1S/C21H23N3O4/c1-13-18(23-17-9-5-4-8-16(17)22-13)12-28-19(25)10-11-24-20(26)14-6-2-3-7-15(14)21(24)27/h4-5,8-9,14-15H,2-3,6-7,10-12H2,1H3/t14-,15+. The number of carbonyl (C=O) groups is 3. The molecule has 0 N–H and O–H groups in total. The lowest BCUT2D eigenvalue weighted by molar-refractivity contribution is -0.146. The van der Waals surface area contributed by atoms with E-state index in [0.717, 1.165) is 36.7 Å². The molecule has 1 aromatic heterocycles. The van der Waals surface area contributed by atoms with Crippen LogP contribution in [0, 0.1) is 18.8 Å². The van der Waals surface area contributed by atoms with Crippen LogP contribution in [0.1, 0.15) is 43.5 Å². The maximum Gasteiger partial charge on any atom is 0.307 e. The number of aryl methyl sites for hydroxylation is 1. The monoisotopic (exact) mass is 381 g/mol. The molecule has 0 unspecified atom stereocenters. The number of esters is 1. The molecule has 0 spiro atoms. The number of hydrogen-bond donors (Lipinski definition) is 0. The van der Waals surface area contributed by atoms with E-state index in [1.807, 2.05) is 31.2 Å². The third-order valence-electron chi connectivity index (χ3n) is 5.68. The number of imide groups is 1. The maximum absolute atomic E-state index is 12.4. The van der Waals surface area contributed by atoms with Crippen molar-refractivity contribution in [3.63, 3.8) is 0 Å². The average molecular weight is 381 g/mol. The van der Waals surface area contributed by atoms with Crippen molar-refractivity contribution < 1.29 is 19.1 Å². The summed E-state index contributed by atoms with van der Waals surface area (Å²) in [6.07, 6.45) is 3.52. The van der Waals surface area contributed by atoms with Gasteiger partial charge in [0.25, 0.3) is 0 Å². The second kappa shape index (κ2) is 7.66. The van der Waals surface area contributed by atoms with E-state index >= 15 is 0 Å². The van der Waals surface area contributed by atoms with Gasteiger partial charge in [-0.1, -0.05) is 25.0 Å². The lowest BCUT2D eigenvalue weighted by Crippen LogP contribution is -2.33. The van der Waals surface area contributed by atoms with Crippen molar-refractivity contribution >= 4 is 28.8 Å². The molecule has 2 fully saturated rings. The molecule has 7 heteroatoms. The second-order valence-electron chi connectivity index (χ2n) is 7.48. The molecule has 4 rings (SSSR count). The van der Waals surface area contributed by atoms with Crippen molar-refractivity contribution in [1.29, 1.82) is 0 Å². The van der Waals surface area contributed by atoms with Gasteiger partial charge in [-0.15, -0.1) is 0 Å². The zero-order chi connectivity index (χ0) is 19.7. The minimum Gasteiger partial charge on any atom is -0.459 e. The van der Waals surface area contributed by atoms with Gasteiger partial charge in [-0.25, -0.2) is 9.97 Å². The number of hydrogen-bond acceptors (Lipinski definition) is 6. The number of rotatable bonds is 5. The van der Waals surface area contributed by atoms with E-state index in [4.69, 9.17) is 4.74 Å². The van der Waals surface area contributed by atoms with Crippen molar-refractivity contribution in [2.75, 3.05) is 6.54 Å². The summed E-state index contributed by atoms with van der Waals surface area (Å²) in [7, 11) is 0. The Hall–Kier alpha value is -2.83. The molecule has 0 bridgehead atoms. The van der Waals surface area contributed by atoms with Crippen LogP contribution in [0.5, 0.6) is 0 Å². The van der Waals surface area contributed by atoms with Crippen molar-refractivity contribution in [1.82, 2.24) is 14.9 Å². The Balaban J connectivity index is 1.33. The second-order valence-corrected chi connectivity index (χ2v) is 7.48. The van der Waals surface area contributed by atoms with Crippen LogP contribution in [-0.4, -0.2) is 39.2 Å². The number of para-hydroxylation sites is 2. The van der Waals surface area contributed by atoms with Gasteiger partial charge in [0.1, 0.15) is 6.61 Å². The van der Waals surface area contributed by atoms with Crippen molar-refractivity contribution in [3.8, 4) is 0 Å². The van der Waals surface area contributed by atoms with Crippen LogP contribution < -0.4 is 0 Å². The van der Waals surface area contributed by atoms with E-state index in [9.17, 15) is 14.4 Å². The summed E-state index contributed by atoms with van der Waals surface area (Å²) < 4.78 is 5.32. The SMILES string of the molecule is Cc1nc2ccccc2nc1COC(=O)CCN1C(=O)[C@H]2CCCC[C@H]2C1=O. The predicted octanol–water partition coefficient (Wildman–Crippen LogP) is 2.55. The Morgan fingerprint density at radius 1 is 1.07 bits per heavy atom. The molecular weight excluding hydrogens is 358 g/mol. The highest BCUT2D eigenvalue weighted by Gasteiger charge is 2.47. The Labute approximate surface area is 163 Å². The summed E-state index contributed by atoms with van der Waals surface area (Å²) in [5.74, 6) is -1.08. The van der Waals surface area contributed by atoms with Crippen LogP contribution in [0.3, 0.4) is 0 Å². The van der Waals surface area contributed by atoms with Gasteiger partial charge in [0.15, 0.2) is 0 Å². The number of aromatic nitrogens is 2. The quantitative estimate of drug-likeness (QED) is 0.584. The topological polar surface area (TPSA) is 89.5 Å². The van der Waals surface area contributed by atoms with E-state index in [1.54, 1.807) is 0 Å².